The number of carbonyl (C=O) groups is 1. The zero-order chi connectivity index (χ0) is 18.5. The van der Waals surface area contributed by atoms with Crippen LogP contribution in [-0.4, -0.2) is 36.6 Å². The molecular formula is C20H23BN4O. The van der Waals surface area contributed by atoms with Gasteiger partial charge in [-0.05, 0) is 42.9 Å². The summed E-state index contributed by atoms with van der Waals surface area (Å²) in [4.78, 5) is 19.1. The summed E-state index contributed by atoms with van der Waals surface area (Å²) in [6, 6.07) is 12.3. The fourth-order valence-corrected chi connectivity index (χ4v) is 3.84. The second-order valence-electron chi connectivity index (χ2n) is 7.67. The maximum absolute atomic E-state index is 13.2. The van der Waals surface area contributed by atoms with Crippen LogP contribution in [0.4, 0.5) is 0 Å². The third-order valence-corrected chi connectivity index (χ3v) is 5.63. The number of nitrogens with one attached hydrogen (secondary N) is 2. The highest BCUT2D eigenvalue weighted by molar-refractivity contribution is 6.32. The Labute approximate surface area is 154 Å². The Kier molecular flexibility index (Phi) is 3.86. The molecule has 2 aromatic rings. The van der Waals surface area contributed by atoms with Gasteiger partial charge in [0.1, 0.15) is 7.85 Å². The van der Waals surface area contributed by atoms with E-state index >= 15 is 0 Å². The van der Waals surface area contributed by atoms with Crippen LogP contribution in [0.5, 0.6) is 0 Å². The average Bonchev–Trinajstić information content (AvgIpc) is 3.46. The van der Waals surface area contributed by atoms with Gasteiger partial charge >= 0.3 is 0 Å². The van der Waals surface area contributed by atoms with Gasteiger partial charge in [0.15, 0.2) is 5.96 Å². The summed E-state index contributed by atoms with van der Waals surface area (Å²) < 4.78 is 0. The van der Waals surface area contributed by atoms with Crippen LogP contribution in [0, 0.1) is 5.41 Å². The first-order valence-corrected chi connectivity index (χ1v) is 9.07. The minimum atomic E-state index is -0.770. The van der Waals surface area contributed by atoms with E-state index in [0.717, 1.165) is 16.7 Å². The molecule has 2 atom stereocenters. The molecule has 1 aliphatic heterocycles. The van der Waals surface area contributed by atoms with Gasteiger partial charge in [0.25, 0.3) is 0 Å². The number of pyridine rings is 1. The van der Waals surface area contributed by atoms with Crippen LogP contribution in [0.25, 0.3) is 0 Å². The van der Waals surface area contributed by atoms with Crippen LogP contribution >= 0.6 is 0 Å². The van der Waals surface area contributed by atoms with Crippen molar-refractivity contribution in [2.45, 2.75) is 37.1 Å². The first-order chi connectivity index (χ1) is 12.4. The zero-order valence-corrected chi connectivity index (χ0v) is 15.4. The zero-order valence-electron chi connectivity index (χ0n) is 15.4. The molecule has 26 heavy (non-hydrogen) atoms. The normalized spacial score (nSPS) is 25.9. The molecular weight excluding hydrogens is 323 g/mol. The molecule has 1 aromatic carbocycles. The van der Waals surface area contributed by atoms with Gasteiger partial charge in [0.2, 0.25) is 5.91 Å². The lowest BCUT2D eigenvalue weighted by atomic mass is 9.74. The fourth-order valence-electron chi connectivity index (χ4n) is 3.84. The van der Waals surface area contributed by atoms with Gasteiger partial charge in [-0.2, -0.15) is 0 Å². The first-order valence-electron chi connectivity index (χ1n) is 9.07. The Hall–Kier alpha value is -2.63. The number of hydrogen-bond acceptors (Lipinski definition) is 3. The topological polar surface area (TPSA) is 69.1 Å². The number of guanidine groups is 1. The second-order valence-corrected chi connectivity index (χ2v) is 7.67. The predicted molar refractivity (Wildman–Crippen MR) is 105 cm³/mol. The van der Waals surface area contributed by atoms with E-state index in [9.17, 15) is 4.79 Å². The van der Waals surface area contributed by atoms with Crippen molar-refractivity contribution in [3.05, 3.63) is 59.4 Å². The Balaban J connectivity index is 1.80. The van der Waals surface area contributed by atoms with Crippen molar-refractivity contribution in [2.75, 3.05) is 7.05 Å². The molecule has 4 rings (SSSR count). The number of aromatic nitrogens is 1. The minimum absolute atomic E-state index is 0.0845. The van der Waals surface area contributed by atoms with Crippen LogP contribution in [0.15, 0.2) is 42.6 Å². The predicted octanol–water partition coefficient (Wildman–Crippen LogP) is 1.21. The molecule has 1 saturated carbocycles. The van der Waals surface area contributed by atoms with E-state index in [2.05, 4.69) is 34.6 Å². The lowest BCUT2D eigenvalue weighted by Gasteiger charge is -2.45. The molecule has 6 heteroatoms. The molecule has 0 unspecified atom stereocenters. The molecule has 5 nitrogen and oxygen atoms in total. The second kappa shape index (κ2) is 5.97. The third-order valence-electron chi connectivity index (χ3n) is 5.63. The average molecular weight is 346 g/mol. The lowest BCUT2D eigenvalue weighted by Crippen LogP contribution is -2.63. The number of nitrogens with zero attached hydrogens (tertiary/aromatic N) is 2. The number of benzene rings is 1. The number of amides is 1. The molecule has 1 aliphatic carbocycles. The Morgan fingerprint density at radius 1 is 1.23 bits per heavy atom. The Bertz CT molecular complexity index is 878. The molecule has 2 N–H and O–H groups in total. The van der Waals surface area contributed by atoms with Crippen molar-refractivity contribution >= 4 is 25.2 Å². The number of carbonyl (C=O) groups excluding carboxylic acids is 1. The molecule has 0 bridgehead atoms. The number of hydrogen-bond donors (Lipinski definition) is 2. The SMILES string of the molecule is Bc1ccnc([C@@]2(C)NC(=N)N(C)C(=O)[C@@H]2c2ccc(C3CC3)cc2)c1. The summed E-state index contributed by atoms with van der Waals surface area (Å²) in [6.45, 7) is 1.97. The number of likely N-dealkylation sites (N-methyl/N-ethyl adjacent to an activating group) is 1. The van der Waals surface area contributed by atoms with E-state index in [1.54, 1.807) is 13.2 Å². The van der Waals surface area contributed by atoms with Gasteiger partial charge in [-0.3, -0.25) is 20.1 Å². The molecule has 1 aromatic heterocycles. The number of rotatable bonds is 3. The Morgan fingerprint density at radius 2 is 1.88 bits per heavy atom. The van der Waals surface area contributed by atoms with Crippen LogP contribution in [0.1, 0.15) is 48.4 Å². The van der Waals surface area contributed by atoms with Crippen molar-refractivity contribution in [3.8, 4) is 0 Å². The molecule has 2 heterocycles. The molecule has 1 saturated heterocycles. The van der Waals surface area contributed by atoms with Gasteiger partial charge in [0.05, 0.1) is 17.2 Å². The molecule has 2 aliphatic rings. The molecule has 2 fully saturated rings. The van der Waals surface area contributed by atoms with E-state index in [-0.39, 0.29) is 11.9 Å². The van der Waals surface area contributed by atoms with Crippen molar-refractivity contribution in [1.29, 1.82) is 5.41 Å². The van der Waals surface area contributed by atoms with E-state index in [1.807, 2.05) is 26.9 Å². The molecule has 0 radical (unpaired) electrons. The maximum Gasteiger partial charge on any atom is 0.239 e. The van der Waals surface area contributed by atoms with E-state index in [0.29, 0.717) is 5.92 Å². The van der Waals surface area contributed by atoms with Crippen LogP contribution in [0.3, 0.4) is 0 Å². The smallest absolute Gasteiger partial charge is 0.239 e. The Morgan fingerprint density at radius 3 is 2.50 bits per heavy atom. The van der Waals surface area contributed by atoms with Crippen LogP contribution < -0.4 is 10.8 Å². The van der Waals surface area contributed by atoms with Crippen molar-refractivity contribution < 1.29 is 4.79 Å². The summed E-state index contributed by atoms with van der Waals surface area (Å²) in [5.41, 5.74) is 3.39. The quantitative estimate of drug-likeness (QED) is 0.821. The van der Waals surface area contributed by atoms with Gasteiger partial charge in [-0.25, -0.2) is 0 Å². The van der Waals surface area contributed by atoms with E-state index < -0.39 is 11.5 Å². The maximum atomic E-state index is 13.2. The largest absolute Gasteiger partial charge is 0.344 e. The molecule has 0 spiro atoms. The van der Waals surface area contributed by atoms with Gasteiger partial charge < -0.3 is 5.32 Å². The highest BCUT2D eigenvalue weighted by Crippen LogP contribution is 2.43. The van der Waals surface area contributed by atoms with Crippen molar-refractivity contribution in [2.24, 2.45) is 0 Å². The van der Waals surface area contributed by atoms with Gasteiger partial charge in [-0.1, -0.05) is 35.8 Å². The van der Waals surface area contributed by atoms with E-state index in [4.69, 9.17) is 5.41 Å². The minimum Gasteiger partial charge on any atom is -0.344 e. The summed E-state index contributed by atoms with van der Waals surface area (Å²) in [5.74, 6) is 0.263. The standard InChI is InChI=1S/C20H23BN4O/c1-20(16-11-15(21)9-10-23-16)17(18(26)25(2)19(22)24-20)14-7-5-13(6-8-14)12-3-4-12/h5-12,17H,3-4,21H2,1-2H3,(H2,22,24)/t17-,20+/m0/s1. The summed E-state index contributed by atoms with van der Waals surface area (Å²) in [6.07, 6.45) is 4.28. The monoisotopic (exact) mass is 346 g/mol. The highest BCUT2D eigenvalue weighted by Gasteiger charge is 2.49. The first kappa shape index (κ1) is 16.8. The summed E-state index contributed by atoms with van der Waals surface area (Å²) in [7, 11) is 3.66. The third kappa shape index (κ3) is 2.70. The van der Waals surface area contributed by atoms with Gasteiger partial charge in [-0.15, -0.1) is 0 Å². The van der Waals surface area contributed by atoms with Crippen LogP contribution in [-0.2, 0) is 10.3 Å². The van der Waals surface area contributed by atoms with Crippen LogP contribution in [0.2, 0.25) is 0 Å². The van der Waals surface area contributed by atoms with E-state index in [1.165, 1.54) is 23.3 Å². The van der Waals surface area contributed by atoms with Crippen molar-refractivity contribution in [3.63, 3.8) is 0 Å². The summed E-state index contributed by atoms with van der Waals surface area (Å²) >= 11 is 0. The molecule has 132 valence electrons. The fraction of sp³-hybridized carbons (Fsp3) is 0.350. The summed E-state index contributed by atoms with van der Waals surface area (Å²) in [5, 5.41) is 11.4. The van der Waals surface area contributed by atoms with Gasteiger partial charge in [0, 0.05) is 13.2 Å². The lowest BCUT2D eigenvalue weighted by molar-refractivity contribution is -0.131. The molecule has 1 amide bonds. The highest BCUT2D eigenvalue weighted by atomic mass is 16.2. The van der Waals surface area contributed by atoms with Crippen molar-refractivity contribution in [1.82, 2.24) is 15.2 Å².